The molecule has 25 heavy (non-hydrogen) atoms. The number of nitrogens with one attached hydrogen (secondary N) is 2. The maximum atomic E-state index is 12.4. The number of rotatable bonds is 6. The van der Waals surface area contributed by atoms with Crippen molar-refractivity contribution in [2.45, 2.75) is 45.1 Å². The van der Waals surface area contributed by atoms with E-state index in [4.69, 9.17) is 12.2 Å². The normalized spacial score (nSPS) is 23.6. The summed E-state index contributed by atoms with van der Waals surface area (Å²) in [4.78, 5) is 12.4. The van der Waals surface area contributed by atoms with Gasteiger partial charge in [-0.2, -0.15) is 5.10 Å². The Balaban J connectivity index is 1.35. The molecule has 0 saturated heterocycles. The van der Waals surface area contributed by atoms with Crippen LogP contribution in [0.1, 0.15) is 42.6 Å². The van der Waals surface area contributed by atoms with Gasteiger partial charge in [0.05, 0.1) is 0 Å². The first kappa shape index (κ1) is 16.5. The number of aryl methyl sites for hydroxylation is 2. The molecule has 0 unspecified atom stereocenters. The molecule has 1 aromatic carbocycles. The van der Waals surface area contributed by atoms with Gasteiger partial charge in [0.1, 0.15) is 12.4 Å². The third-order valence-electron chi connectivity index (χ3n) is 5.64. The number of H-pyrrole nitrogens is 1. The molecule has 5 nitrogen and oxygen atoms in total. The summed E-state index contributed by atoms with van der Waals surface area (Å²) in [6.45, 7) is 3.11. The summed E-state index contributed by atoms with van der Waals surface area (Å²) in [5, 5.41) is 10.1. The Morgan fingerprint density at radius 1 is 1.44 bits per heavy atom. The highest BCUT2D eigenvalue weighted by Gasteiger charge is 2.52. The number of carbonyl (C=O) groups is 1. The highest BCUT2D eigenvalue weighted by molar-refractivity contribution is 7.71. The average Bonchev–Trinajstić information content (AvgIpc) is 3.25. The van der Waals surface area contributed by atoms with Crippen molar-refractivity contribution in [1.82, 2.24) is 20.1 Å². The Hall–Kier alpha value is -1.95. The van der Waals surface area contributed by atoms with Crippen molar-refractivity contribution in [3.05, 3.63) is 46.0 Å². The van der Waals surface area contributed by atoms with Gasteiger partial charge in [-0.25, -0.2) is 0 Å². The van der Waals surface area contributed by atoms with Crippen molar-refractivity contribution in [1.29, 1.82) is 0 Å². The van der Waals surface area contributed by atoms with E-state index in [0.29, 0.717) is 16.6 Å². The Kier molecular flexibility index (Phi) is 4.46. The predicted molar refractivity (Wildman–Crippen MR) is 98.9 cm³/mol. The van der Waals surface area contributed by atoms with Gasteiger partial charge in [-0.15, -0.1) is 0 Å². The third kappa shape index (κ3) is 3.15. The quantitative estimate of drug-likeness (QED) is 0.782. The van der Waals surface area contributed by atoms with Crippen LogP contribution < -0.4 is 5.32 Å². The lowest BCUT2D eigenvalue weighted by Gasteiger charge is -2.13. The smallest absolute Gasteiger partial charge is 0.240 e. The Bertz CT molecular complexity index is 840. The molecular formula is C19H24N4OS. The minimum absolute atomic E-state index is 0.0202. The molecule has 0 radical (unpaired) electrons. The first-order chi connectivity index (χ1) is 12.2. The summed E-state index contributed by atoms with van der Waals surface area (Å²) in [7, 11) is 0. The SMILES string of the molecule is CCCc1n[nH]c(=S)n1CC(=O)NC[C@@H]1[C@H]2CCc3ccccc3[C@@H]21. The molecule has 4 rings (SSSR count). The lowest BCUT2D eigenvalue weighted by molar-refractivity contribution is -0.121. The number of aromatic nitrogens is 3. The molecule has 0 bridgehead atoms. The largest absolute Gasteiger partial charge is 0.354 e. The highest BCUT2D eigenvalue weighted by atomic mass is 32.1. The van der Waals surface area contributed by atoms with Crippen molar-refractivity contribution in [3.63, 3.8) is 0 Å². The first-order valence-corrected chi connectivity index (χ1v) is 9.58. The van der Waals surface area contributed by atoms with Gasteiger partial charge in [0, 0.05) is 13.0 Å². The van der Waals surface area contributed by atoms with Crippen LogP contribution in [0.5, 0.6) is 0 Å². The standard InChI is InChI=1S/C19H24N4OS/c1-2-5-16-21-22-19(25)23(16)11-17(24)20-10-15-14-9-8-12-6-3-4-7-13(12)18(14)15/h3-4,6-7,14-15,18H,2,5,8-11H2,1H3,(H,20,24)(H,22,25)/t14-,15-,18+/m1/s1. The van der Waals surface area contributed by atoms with Crippen LogP contribution in [-0.2, 0) is 24.2 Å². The van der Waals surface area contributed by atoms with Crippen LogP contribution in [0, 0.1) is 16.6 Å². The van der Waals surface area contributed by atoms with E-state index in [1.54, 1.807) is 0 Å². The predicted octanol–water partition coefficient (Wildman–Crippen LogP) is 2.99. The molecule has 3 atom stereocenters. The number of carbonyl (C=O) groups excluding carboxylic acids is 1. The zero-order chi connectivity index (χ0) is 17.4. The fourth-order valence-electron chi connectivity index (χ4n) is 4.35. The zero-order valence-corrected chi connectivity index (χ0v) is 15.3. The second-order valence-corrected chi connectivity index (χ2v) is 7.56. The van der Waals surface area contributed by atoms with Gasteiger partial charge >= 0.3 is 0 Å². The van der Waals surface area contributed by atoms with Crippen molar-refractivity contribution in [2.75, 3.05) is 6.54 Å². The minimum Gasteiger partial charge on any atom is -0.354 e. The van der Waals surface area contributed by atoms with E-state index in [1.807, 2.05) is 4.57 Å². The fraction of sp³-hybridized carbons (Fsp3) is 0.526. The van der Waals surface area contributed by atoms with E-state index in [9.17, 15) is 4.79 Å². The van der Waals surface area contributed by atoms with Crippen LogP contribution in [0.3, 0.4) is 0 Å². The summed E-state index contributed by atoms with van der Waals surface area (Å²) in [6.07, 6.45) is 4.22. The van der Waals surface area contributed by atoms with Crippen molar-refractivity contribution < 1.29 is 4.79 Å². The molecular weight excluding hydrogens is 332 g/mol. The number of aromatic amines is 1. The number of nitrogens with zero attached hydrogens (tertiary/aromatic N) is 2. The maximum Gasteiger partial charge on any atom is 0.240 e. The van der Waals surface area contributed by atoms with Crippen LogP contribution in [0.25, 0.3) is 0 Å². The summed E-state index contributed by atoms with van der Waals surface area (Å²) in [6, 6.07) is 8.76. The number of fused-ring (bicyclic) bond motifs is 3. The van der Waals surface area contributed by atoms with Crippen LogP contribution >= 0.6 is 12.2 Å². The number of hydrogen-bond donors (Lipinski definition) is 2. The Morgan fingerprint density at radius 3 is 3.12 bits per heavy atom. The molecule has 1 fully saturated rings. The fourth-order valence-corrected chi connectivity index (χ4v) is 4.56. The number of benzene rings is 1. The van der Waals surface area contributed by atoms with Crippen LogP contribution in [0.2, 0.25) is 0 Å². The van der Waals surface area contributed by atoms with E-state index in [-0.39, 0.29) is 12.5 Å². The van der Waals surface area contributed by atoms with E-state index < -0.39 is 0 Å². The summed E-state index contributed by atoms with van der Waals surface area (Å²) in [5.74, 6) is 2.84. The van der Waals surface area contributed by atoms with Gasteiger partial charge in [-0.05, 0) is 60.4 Å². The summed E-state index contributed by atoms with van der Waals surface area (Å²) in [5.41, 5.74) is 2.99. The minimum atomic E-state index is 0.0202. The average molecular weight is 356 g/mol. The molecule has 0 spiro atoms. The maximum absolute atomic E-state index is 12.4. The topological polar surface area (TPSA) is 62.7 Å². The van der Waals surface area contributed by atoms with Crippen LogP contribution in [0.15, 0.2) is 24.3 Å². The zero-order valence-electron chi connectivity index (χ0n) is 14.5. The Labute approximate surface area is 152 Å². The lowest BCUT2D eigenvalue weighted by atomic mass is 9.92. The number of amides is 1. The first-order valence-electron chi connectivity index (χ1n) is 9.17. The van der Waals surface area contributed by atoms with E-state index in [2.05, 4.69) is 46.7 Å². The highest BCUT2D eigenvalue weighted by Crippen LogP contribution is 2.59. The second-order valence-electron chi connectivity index (χ2n) is 7.18. The second kappa shape index (κ2) is 6.75. The van der Waals surface area contributed by atoms with E-state index >= 15 is 0 Å². The van der Waals surface area contributed by atoms with Gasteiger partial charge < -0.3 is 5.32 Å². The van der Waals surface area contributed by atoms with Gasteiger partial charge in [0.15, 0.2) is 4.77 Å². The molecule has 132 valence electrons. The molecule has 1 heterocycles. The monoisotopic (exact) mass is 356 g/mol. The molecule has 2 N–H and O–H groups in total. The molecule has 6 heteroatoms. The van der Waals surface area contributed by atoms with Gasteiger partial charge in [-0.1, -0.05) is 31.2 Å². The van der Waals surface area contributed by atoms with Crippen molar-refractivity contribution >= 4 is 18.1 Å². The van der Waals surface area contributed by atoms with Crippen molar-refractivity contribution in [3.8, 4) is 0 Å². The third-order valence-corrected chi connectivity index (χ3v) is 5.95. The van der Waals surface area contributed by atoms with Crippen LogP contribution in [-0.4, -0.2) is 27.2 Å². The van der Waals surface area contributed by atoms with Gasteiger partial charge in [0.25, 0.3) is 0 Å². The number of hydrogen-bond acceptors (Lipinski definition) is 3. The molecule has 2 aromatic rings. The molecule has 1 saturated carbocycles. The summed E-state index contributed by atoms with van der Waals surface area (Å²) < 4.78 is 2.33. The molecule has 2 aliphatic rings. The summed E-state index contributed by atoms with van der Waals surface area (Å²) >= 11 is 5.25. The molecule has 1 aromatic heterocycles. The van der Waals surface area contributed by atoms with Gasteiger partial charge in [-0.3, -0.25) is 14.5 Å². The van der Waals surface area contributed by atoms with E-state index in [0.717, 1.165) is 31.1 Å². The van der Waals surface area contributed by atoms with Crippen molar-refractivity contribution in [2.24, 2.45) is 11.8 Å². The molecule has 2 aliphatic carbocycles. The van der Waals surface area contributed by atoms with Crippen LogP contribution in [0.4, 0.5) is 0 Å². The molecule has 1 amide bonds. The molecule has 0 aliphatic heterocycles. The van der Waals surface area contributed by atoms with Gasteiger partial charge in [0.2, 0.25) is 5.91 Å². The Morgan fingerprint density at radius 2 is 2.28 bits per heavy atom. The lowest BCUT2D eigenvalue weighted by Crippen LogP contribution is -2.30. The van der Waals surface area contributed by atoms with E-state index in [1.165, 1.54) is 24.0 Å².